The molecule has 0 atom stereocenters. The molecule has 3 rings (SSSR count). The fourth-order valence-electron chi connectivity index (χ4n) is 2.38. The Balaban J connectivity index is 2.00. The number of ether oxygens (including phenoxy) is 1. The van der Waals surface area contributed by atoms with E-state index < -0.39 is 17.6 Å². The molecular weight excluding hydrogens is 343 g/mol. The first-order chi connectivity index (χ1) is 12.0. The van der Waals surface area contributed by atoms with Crippen LogP contribution in [-0.4, -0.2) is 24.0 Å². The van der Waals surface area contributed by atoms with Gasteiger partial charge in [-0.05, 0) is 48.1 Å². The van der Waals surface area contributed by atoms with Crippen molar-refractivity contribution in [3.05, 3.63) is 65.5 Å². The largest absolute Gasteiger partial charge is 0.497 e. The topological polar surface area (TPSA) is 58.6 Å². The number of hydrogen-bond acceptors (Lipinski definition) is 4. The molecule has 126 valence electrons. The maximum atomic E-state index is 14.1. The van der Waals surface area contributed by atoms with Gasteiger partial charge in [-0.1, -0.05) is 24.3 Å². The third-order valence-electron chi connectivity index (χ3n) is 3.62. The van der Waals surface area contributed by atoms with Crippen molar-refractivity contribution in [2.45, 2.75) is 0 Å². The number of carbonyl (C=O) groups is 2. The molecule has 0 spiro atoms. The molecule has 1 fully saturated rings. The van der Waals surface area contributed by atoms with Crippen molar-refractivity contribution in [3.63, 3.8) is 0 Å². The number of nitrogens with zero attached hydrogens (tertiary/aromatic N) is 1. The summed E-state index contributed by atoms with van der Waals surface area (Å²) in [6.45, 7) is 0. The van der Waals surface area contributed by atoms with Gasteiger partial charge in [0.25, 0.3) is 11.8 Å². The van der Waals surface area contributed by atoms with Gasteiger partial charge in [0.2, 0.25) is 0 Å². The van der Waals surface area contributed by atoms with E-state index in [1.807, 2.05) is 0 Å². The Morgan fingerprint density at radius 2 is 1.80 bits per heavy atom. The molecule has 2 amide bonds. The minimum Gasteiger partial charge on any atom is -0.497 e. The maximum Gasteiger partial charge on any atom is 0.270 e. The second-order valence-electron chi connectivity index (χ2n) is 5.18. The highest BCUT2D eigenvalue weighted by Gasteiger charge is 2.35. The molecule has 2 aromatic carbocycles. The van der Waals surface area contributed by atoms with Gasteiger partial charge in [0.1, 0.15) is 17.1 Å². The molecular formula is C18H13FN2O3S. The molecule has 1 aliphatic rings. The lowest BCUT2D eigenvalue weighted by Crippen LogP contribution is -2.54. The number of carbonyl (C=O) groups excluding carboxylic acids is 2. The van der Waals surface area contributed by atoms with Crippen molar-refractivity contribution in [1.29, 1.82) is 0 Å². The Labute approximate surface area is 148 Å². The number of methoxy groups -OCH3 is 1. The summed E-state index contributed by atoms with van der Waals surface area (Å²) in [4.78, 5) is 25.9. The third kappa shape index (κ3) is 3.27. The van der Waals surface area contributed by atoms with Crippen molar-refractivity contribution in [3.8, 4) is 5.75 Å². The van der Waals surface area contributed by atoms with E-state index in [0.717, 1.165) is 4.90 Å². The van der Waals surface area contributed by atoms with Crippen LogP contribution in [0.15, 0.2) is 54.1 Å². The lowest BCUT2D eigenvalue weighted by Gasteiger charge is -2.29. The summed E-state index contributed by atoms with van der Waals surface area (Å²) in [6.07, 6.45) is 1.42. The van der Waals surface area contributed by atoms with Crippen LogP contribution in [0.5, 0.6) is 5.75 Å². The molecule has 1 saturated heterocycles. The summed E-state index contributed by atoms with van der Waals surface area (Å²) < 4.78 is 19.1. The van der Waals surface area contributed by atoms with Gasteiger partial charge < -0.3 is 4.74 Å². The van der Waals surface area contributed by atoms with Gasteiger partial charge in [-0.3, -0.25) is 14.9 Å². The van der Waals surface area contributed by atoms with Crippen LogP contribution in [0, 0.1) is 5.82 Å². The summed E-state index contributed by atoms with van der Waals surface area (Å²) in [5, 5.41) is 2.26. The lowest BCUT2D eigenvalue weighted by molar-refractivity contribution is -0.122. The number of anilines is 1. The van der Waals surface area contributed by atoms with Crippen LogP contribution in [0.4, 0.5) is 10.1 Å². The van der Waals surface area contributed by atoms with Crippen molar-refractivity contribution in [2.24, 2.45) is 0 Å². The number of amides is 2. The monoisotopic (exact) mass is 356 g/mol. The second-order valence-corrected chi connectivity index (χ2v) is 5.57. The number of hydrogen-bond donors (Lipinski definition) is 1. The molecule has 1 aliphatic heterocycles. The van der Waals surface area contributed by atoms with Crippen molar-refractivity contribution >= 4 is 40.9 Å². The fraction of sp³-hybridized carbons (Fsp3) is 0.0556. The van der Waals surface area contributed by atoms with E-state index in [0.29, 0.717) is 11.3 Å². The summed E-state index contributed by atoms with van der Waals surface area (Å²) in [5.74, 6) is -1.28. The summed E-state index contributed by atoms with van der Waals surface area (Å²) in [5.41, 5.74) is 0.473. The molecule has 5 nitrogen and oxygen atoms in total. The van der Waals surface area contributed by atoms with Gasteiger partial charge in [0.05, 0.1) is 12.8 Å². The van der Waals surface area contributed by atoms with Crippen LogP contribution in [0.3, 0.4) is 0 Å². The van der Waals surface area contributed by atoms with E-state index >= 15 is 0 Å². The van der Waals surface area contributed by atoms with E-state index in [4.69, 9.17) is 17.0 Å². The van der Waals surface area contributed by atoms with Gasteiger partial charge in [0, 0.05) is 0 Å². The van der Waals surface area contributed by atoms with E-state index in [9.17, 15) is 14.0 Å². The Morgan fingerprint density at radius 1 is 1.12 bits per heavy atom. The predicted octanol–water partition coefficient (Wildman–Crippen LogP) is 2.67. The summed E-state index contributed by atoms with van der Waals surface area (Å²) in [6, 6.07) is 12.5. The molecule has 0 aromatic heterocycles. The molecule has 1 N–H and O–H groups in total. The number of thiocarbonyl (C=S) groups is 1. The van der Waals surface area contributed by atoms with Gasteiger partial charge >= 0.3 is 0 Å². The third-order valence-corrected chi connectivity index (χ3v) is 3.91. The van der Waals surface area contributed by atoms with Crippen molar-refractivity contribution < 1.29 is 18.7 Å². The Bertz CT molecular complexity index is 893. The first-order valence-electron chi connectivity index (χ1n) is 7.31. The summed E-state index contributed by atoms with van der Waals surface area (Å²) >= 11 is 5.04. The zero-order valence-corrected chi connectivity index (χ0v) is 14.0. The SMILES string of the molecule is COc1ccc(/C=C2\C(=O)NC(=S)N(c3ccccc3F)C2=O)cc1. The van der Waals surface area contributed by atoms with Gasteiger partial charge in [0.15, 0.2) is 5.11 Å². The number of para-hydroxylation sites is 1. The van der Waals surface area contributed by atoms with Crippen LogP contribution in [0.2, 0.25) is 0 Å². The van der Waals surface area contributed by atoms with Crippen LogP contribution < -0.4 is 15.0 Å². The average Bonchev–Trinajstić information content (AvgIpc) is 2.60. The van der Waals surface area contributed by atoms with Crippen LogP contribution >= 0.6 is 12.2 Å². The highest BCUT2D eigenvalue weighted by atomic mass is 32.1. The molecule has 1 heterocycles. The maximum absolute atomic E-state index is 14.1. The Hall–Kier alpha value is -3.06. The second kappa shape index (κ2) is 6.82. The molecule has 0 saturated carbocycles. The molecule has 25 heavy (non-hydrogen) atoms. The smallest absolute Gasteiger partial charge is 0.270 e. The van der Waals surface area contributed by atoms with E-state index in [1.54, 1.807) is 37.4 Å². The number of rotatable bonds is 3. The molecule has 0 radical (unpaired) electrons. The Kier molecular flexibility index (Phi) is 4.58. The minimum absolute atomic E-state index is 0.0156. The van der Waals surface area contributed by atoms with Crippen LogP contribution in [-0.2, 0) is 9.59 Å². The van der Waals surface area contributed by atoms with Crippen molar-refractivity contribution in [1.82, 2.24) is 5.32 Å². The fourth-order valence-corrected chi connectivity index (χ4v) is 2.65. The minimum atomic E-state index is -0.685. The highest BCUT2D eigenvalue weighted by Crippen LogP contribution is 2.24. The number of benzene rings is 2. The summed E-state index contributed by atoms with van der Waals surface area (Å²) in [7, 11) is 1.54. The predicted molar refractivity (Wildman–Crippen MR) is 95.6 cm³/mol. The van der Waals surface area contributed by atoms with Crippen LogP contribution in [0.1, 0.15) is 5.56 Å². The molecule has 0 unspecified atom stereocenters. The first-order valence-corrected chi connectivity index (χ1v) is 7.72. The van der Waals surface area contributed by atoms with Gasteiger partial charge in [-0.25, -0.2) is 9.29 Å². The standard InChI is InChI=1S/C18H13FN2O3S/c1-24-12-8-6-11(7-9-12)10-13-16(22)20-18(25)21(17(13)23)15-5-3-2-4-14(15)19/h2-10H,1H3,(H,20,22,25)/b13-10+. The normalized spacial score (nSPS) is 16.2. The van der Waals surface area contributed by atoms with Crippen molar-refractivity contribution in [2.75, 3.05) is 12.0 Å². The number of halogens is 1. The number of nitrogens with one attached hydrogen (secondary N) is 1. The van der Waals surface area contributed by atoms with Gasteiger partial charge in [-0.2, -0.15) is 0 Å². The lowest BCUT2D eigenvalue weighted by atomic mass is 10.1. The zero-order valence-electron chi connectivity index (χ0n) is 13.2. The van der Waals surface area contributed by atoms with Gasteiger partial charge in [-0.15, -0.1) is 0 Å². The van der Waals surface area contributed by atoms with Crippen LogP contribution in [0.25, 0.3) is 6.08 Å². The van der Waals surface area contributed by atoms with E-state index in [-0.39, 0.29) is 16.4 Å². The highest BCUT2D eigenvalue weighted by molar-refractivity contribution is 7.80. The first kappa shape index (κ1) is 16.8. The Morgan fingerprint density at radius 3 is 2.44 bits per heavy atom. The molecule has 0 bridgehead atoms. The molecule has 2 aromatic rings. The quantitative estimate of drug-likeness (QED) is 0.522. The molecule has 0 aliphatic carbocycles. The molecule has 7 heteroatoms. The van der Waals surface area contributed by atoms with E-state index in [2.05, 4.69) is 5.32 Å². The average molecular weight is 356 g/mol. The van der Waals surface area contributed by atoms with E-state index in [1.165, 1.54) is 24.3 Å². The zero-order chi connectivity index (χ0) is 18.0.